The Morgan fingerprint density at radius 1 is 0.667 bits per heavy atom. The lowest BCUT2D eigenvalue weighted by molar-refractivity contribution is -0.187. The molecular formula is C35H30F8O2. The molecular weight excluding hydrogens is 604 g/mol. The molecule has 0 spiro atoms. The van der Waals surface area contributed by atoms with Gasteiger partial charge in [-0.3, -0.25) is 0 Å². The minimum Gasteiger partial charge on any atom is -0.429 e. The van der Waals surface area contributed by atoms with Crippen molar-refractivity contribution in [3.05, 3.63) is 113 Å². The van der Waals surface area contributed by atoms with Crippen LogP contribution >= 0.6 is 0 Å². The molecule has 1 aliphatic rings. The summed E-state index contributed by atoms with van der Waals surface area (Å²) in [5.41, 5.74) is -1.14. The normalized spacial score (nSPS) is 17.0. The van der Waals surface area contributed by atoms with Gasteiger partial charge in [0.2, 0.25) is 0 Å². The second kappa shape index (κ2) is 13.6. The van der Waals surface area contributed by atoms with Crippen LogP contribution in [-0.2, 0) is 10.8 Å². The second-order valence-corrected chi connectivity index (χ2v) is 11.1. The maximum Gasteiger partial charge on any atom is 0.429 e. The molecule has 0 heterocycles. The number of ether oxygens (including phenoxy) is 2. The number of alkyl halides is 2. The SMILES string of the molecule is CCCCOC1CCC(c2ccc(C(F)(F)Oc3ccc(-c4ccc(-c5cc(F)c(F)c(F)c5)c(F)c4)c(F)c3)c(F)c2)CC1. The van der Waals surface area contributed by atoms with E-state index >= 15 is 13.2 Å². The van der Waals surface area contributed by atoms with Gasteiger partial charge in [-0.25, -0.2) is 26.3 Å². The molecule has 2 nitrogen and oxygen atoms in total. The van der Waals surface area contributed by atoms with Crippen molar-refractivity contribution in [3.8, 4) is 28.0 Å². The summed E-state index contributed by atoms with van der Waals surface area (Å²) in [5, 5.41) is 0. The molecule has 45 heavy (non-hydrogen) atoms. The van der Waals surface area contributed by atoms with Crippen molar-refractivity contribution in [1.29, 1.82) is 0 Å². The van der Waals surface area contributed by atoms with Crippen LogP contribution in [0.3, 0.4) is 0 Å². The van der Waals surface area contributed by atoms with E-state index < -0.39 is 52.3 Å². The maximum absolute atomic E-state index is 15.0. The van der Waals surface area contributed by atoms with E-state index in [2.05, 4.69) is 6.92 Å². The Labute approximate surface area is 255 Å². The zero-order valence-electron chi connectivity index (χ0n) is 24.3. The summed E-state index contributed by atoms with van der Waals surface area (Å²) in [6.07, 6.45) is 1.18. The Hall–Kier alpha value is -3.92. The van der Waals surface area contributed by atoms with Gasteiger partial charge in [0.1, 0.15) is 23.2 Å². The van der Waals surface area contributed by atoms with E-state index in [1.54, 1.807) is 0 Å². The molecule has 1 fully saturated rings. The topological polar surface area (TPSA) is 18.5 Å². The quantitative estimate of drug-likeness (QED) is 0.0982. The number of unbranched alkanes of at least 4 members (excludes halogenated alkanes) is 1. The fourth-order valence-corrected chi connectivity index (χ4v) is 5.60. The van der Waals surface area contributed by atoms with Gasteiger partial charge in [0.05, 0.1) is 11.7 Å². The number of halogens is 8. The van der Waals surface area contributed by atoms with Crippen molar-refractivity contribution in [1.82, 2.24) is 0 Å². The standard InChI is InChI=1S/C35H30F8O2/c1-2-3-14-44-24-8-4-20(5-9-24)21-7-13-28(31(38)15-21)35(42,43)45-25-10-12-26(30(37)19-25)22-6-11-27(29(36)16-22)23-17-32(39)34(41)33(40)18-23/h6-7,10-13,15-20,24H,2-5,8-9,14H2,1H3. The van der Waals surface area contributed by atoms with E-state index in [-0.39, 0.29) is 34.3 Å². The number of hydrogen-bond donors (Lipinski definition) is 0. The Balaban J connectivity index is 1.27. The molecule has 0 bridgehead atoms. The molecule has 238 valence electrons. The largest absolute Gasteiger partial charge is 0.429 e. The van der Waals surface area contributed by atoms with Crippen LogP contribution in [0.1, 0.15) is 62.5 Å². The molecule has 0 unspecified atom stereocenters. The molecule has 1 aliphatic carbocycles. The predicted molar refractivity (Wildman–Crippen MR) is 154 cm³/mol. The van der Waals surface area contributed by atoms with Crippen molar-refractivity contribution in [2.45, 2.75) is 63.6 Å². The molecule has 0 aromatic heterocycles. The van der Waals surface area contributed by atoms with Gasteiger partial charge < -0.3 is 9.47 Å². The molecule has 1 saturated carbocycles. The third kappa shape index (κ3) is 7.32. The summed E-state index contributed by atoms with van der Waals surface area (Å²) in [4.78, 5) is 0. The van der Waals surface area contributed by atoms with Gasteiger partial charge in [0, 0.05) is 23.8 Å². The first kappa shape index (κ1) is 32.5. The van der Waals surface area contributed by atoms with Gasteiger partial charge in [-0.1, -0.05) is 31.5 Å². The highest BCUT2D eigenvalue weighted by atomic mass is 19.3. The smallest absolute Gasteiger partial charge is 0.429 e. The van der Waals surface area contributed by atoms with Crippen LogP contribution < -0.4 is 4.74 Å². The first-order chi connectivity index (χ1) is 21.5. The summed E-state index contributed by atoms with van der Waals surface area (Å²) in [7, 11) is 0. The van der Waals surface area contributed by atoms with Crippen LogP contribution in [0.2, 0.25) is 0 Å². The Bertz CT molecular complexity index is 1640. The summed E-state index contributed by atoms with van der Waals surface area (Å²) in [6.45, 7) is 2.79. The van der Waals surface area contributed by atoms with Crippen molar-refractivity contribution in [3.63, 3.8) is 0 Å². The van der Waals surface area contributed by atoms with E-state index in [0.717, 1.165) is 74.9 Å². The highest BCUT2D eigenvalue weighted by molar-refractivity contribution is 5.72. The monoisotopic (exact) mass is 634 g/mol. The average Bonchev–Trinajstić information content (AvgIpc) is 3.00. The lowest BCUT2D eigenvalue weighted by atomic mass is 9.82. The van der Waals surface area contributed by atoms with Crippen molar-refractivity contribution < 1.29 is 44.6 Å². The van der Waals surface area contributed by atoms with Gasteiger partial charge in [0.25, 0.3) is 0 Å². The second-order valence-electron chi connectivity index (χ2n) is 11.1. The molecule has 0 saturated heterocycles. The lowest BCUT2D eigenvalue weighted by Crippen LogP contribution is -2.24. The summed E-state index contributed by atoms with van der Waals surface area (Å²) in [6, 6.07) is 10.8. The molecule has 10 heteroatoms. The molecule has 0 N–H and O–H groups in total. The Kier molecular flexibility index (Phi) is 9.82. The highest BCUT2D eigenvalue weighted by Crippen LogP contribution is 2.39. The molecule has 0 amide bonds. The number of benzene rings is 4. The third-order valence-electron chi connectivity index (χ3n) is 8.07. The molecule has 0 aliphatic heterocycles. The van der Waals surface area contributed by atoms with E-state index in [4.69, 9.17) is 9.47 Å². The summed E-state index contributed by atoms with van der Waals surface area (Å²) < 4.78 is 126. The third-order valence-corrected chi connectivity index (χ3v) is 8.07. The van der Waals surface area contributed by atoms with Crippen LogP contribution in [0, 0.1) is 34.9 Å². The molecule has 0 radical (unpaired) electrons. The van der Waals surface area contributed by atoms with Crippen molar-refractivity contribution >= 4 is 0 Å². The fourth-order valence-electron chi connectivity index (χ4n) is 5.60. The van der Waals surface area contributed by atoms with Gasteiger partial charge in [-0.15, -0.1) is 0 Å². The van der Waals surface area contributed by atoms with Gasteiger partial charge in [-0.05, 0) is 97.2 Å². The van der Waals surface area contributed by atoms with Gasteiger partial charge in [0.15, 0.2) is 17.5 Å². The van der Waals surface area contributed by atoms with Crippen LogP contribution in [0.4, 0.5) is 35.1 Å². The molecule has 4 aromatic carbocycles. The average molecular weight is 635 g/mol. The van der Waals surface area contributed by atoms with Crippen LogP contribution in [0.25, 0.3) is 22.3 Å². The van der Waals surface area contributed by atoms with Gasteiger partial charge in [-0.2, -0.15) is 8.78 Å². The fraction of sp³-hybridized carbons (Fsp3) is 0.314. The van der Waals surface area contributed by atoms with Crippen LogP contribution in [-0.4, -0.2) is 12.7 Å². The van der Waals surface area contributed by atoms with Crippen LogP contribution in [0.15, 0.2) is 66.7 Å². The van der Waals surface area contributed by atoms with E-state index in [0.29, 0.717) is 30.4 Å². The van der Waals surface area contributed by atoms with Crippen LogP contribution in [0.5, 0.6) is 5.75 Å². The zero-order valence-corrected chi connectivity index (χ0v) is 24.3. The van der Waals surface area contributed by atoms with Crippen molar-refractivity contribution in [2.75, 3.05) is 6.61 Å². The predicted octanol–water partition coefficient (Wildman–Crippen LogP) is 10.8. The number of rotatable bonds is 10. The van der Waals surface area contributed by atoms with E-state index in [9.17, 15) is 22.0 Å². The minimum atomic E-state index is -4.13. The Morgan fingerprint density at radius 3 is 1.91 bits per heavy atom. The molecule has 5 rings (SSSR count). The summed E-state index contributed by atoms with van der Waals surface area (Å²) in [5.74, 6) is -8.47. The number of hydrogen-bond acceptors (Lipinski definition) is 2. The minimum absolute atomic E-state index is 0.0155. The zero-order chi connectivity index (χ0) is 32.3. The van der Waals surface area contributed by atoms with Gasteiger partial charge >= 0.3 is 6.11 Å². The maximum atomic E-state index is 15.0. The lowest BCUT2D eigenvalue weighted by Gasteiger charge is -2.29. The highest BCUT2D eigenvalue weighted by Gasteiger charge is 2.38. The summed E-state index contributed by atoms with van der Waals surface area (Å²) >= 11 is 0. The van der Waals surface area contributed by atoms with Crippen molar-refractivity contribution in [2.24, 2.45) is 0 Å². The molecule has 4 aromatic rings. The van der Waals surface area contributed by atoms with E-state index in [1.165, 1.54) is 12.1 Å². The Morgan fingerprint density at radius 2 is 1.29 bits per heavy atom. The first-order valence-electron chi connectivity index (χ1n) is 14.7. The first-order valence-corrected chi connectivity index (χ1v) is 14.7. The van der Waals surface area contributed by atoms with E-state index in [1.807, 2.05) is 0 Å². The molecule has 0 atom stereocenters.